The van der Waals surface area contributed by atoms with Gasteiger partial charge in [0.05, 0.1) is 5.56 Å². The number of piperazine rings is 1. The third-order valence-corrected chi connectivity index (χ3v) is 4.17. The van der Waals surface area contributed by atoms with Crippen LogP contribution in [0.25, 0.3) is 0 Å². The average molecular weight is 277 g/mol. The first-order valence-electron chi connectivity index (χ1n) is 7.15. The van der Waals surface area contributed by atoms with Crippen LogP contribution in [0.2, 0.25) is 0 Å². The Morgan fingerprint density at radius 1 is 1.30 bits per heavy atom. The van der Waals surface area contributed by atoms with Gasteiger partial charge in [-0.15, -0.1) is 0 Å². The highest BCUT2D eigenvalue weighted by atomic mass is 19.1. The Kier molecular flexibility index (Phi) is 3.72. The fourth-order valence-electron chi connectivity index (χ4n) is 2.87. The topological polar surface area (TPSA) is 35.6 Å². The zero-order chi connectivity index (χ0) is 14.1. The van der Waals surface area contributed by atoms with Gasteiger partial charge in [0.1, 0.15) is 5.82 Å². The highest BCUT2D eigenvalue weighted by molar-refractivity contribution is 5.95. The summed E-state index contributed by atoms with van der Waals surface area (Å²) in [5.74, 6) is -0.608. The molecule has 0 saturated carbocycles. The minimum atomic E-state index is -0.425. The van der Waals surface area contributed by atoms with Crippen molar-refractivity contribution in [2.45, 2.75) is 13.0 Å². The molecule has 2 saturated heterocycles. The van der Waals surface area contributed by atoms with E-state index in [2.05, 4.69) is 10.2 Å². The molecular weight excluding hydrogens is 257 g/mol. The largest absolute Gasteiger partial charge is 0.335 e. The molecule has 0 bridgehead atoms. The van der Waals surface area contributed by atoms with Crippen LogP contribution in [0.15, 0.2) is 18.2 Å². The molecule has 0 spiro atoms. The second-order valence-electron chi connectivity index (χ2n) is 5.63. The summed E-state index contributed by atoms with van der Waals surface area (Å²) in [7, 11) is 0. The quantitative estimate of drug-likeness (QED) is 0.871. The molecule has 1 aromatic rings. The smallest absolute Gasteiger partial charge is 0.256 e. The number of amides is 1. The average Bonchev–Trinajstić information content (AvgIpc) is 2.41. The van der Waals surface area contributed by atoms with Gasteiger partial charge in [0.15, 0.2) is 0 Å². The summed E-state index contributed by atoms with van der Waals surface area (Å²) in [5.41, 5.74) is 1.11. The Labute approximate surface area is 118 Å². The van der Waals surface area contributed by atoms with E-state index in [1.807, 2.05) is 6.92 Å². The molecule has 20 heavy (non-hydrogen) atoms. The summed E-state index contributed by atoms with van der Waals surface area (Å²) in [6.07, 6.45) is 0. The summed E-state index contributed by atoms with van der Waals surface area (Å²) in [6.45, 7) is 7.39. The van der Waals surface area contributed by atoms with E-state index in [1.54, 1.807) is 17.0 Å². The lowest BCUT2D eigenvalue weighted by atomic mass is 10.0. The number of likely N-dealkylation sites (tertiary alicyclic amines) is 1. The summed E-state index contributed by atoms with van der Waals surface area (Å²) >= 11 is 0. The Morgan fingerprint density at radius 3 is 2.70 bits per heavy atom. The SMILES string of the molecule is Cc1ccc(F)c(C(=O)N2CC(N3CCNCC3)C2)c1. The van der Waals surface area contributed by atoms with Gasteiger partial charge >= 0.3 is 0 Å². The molecule has 2 fully saturated rings. The molecule has 4 nitrogen and oxygen atoms in total. The fourth-order valence-corrected chi connectivity index (χ4v) is 2.87. The number of hydrogen-bond donors (Lipinski definition) is 1. The first kappa shape index (κ1) is 13.5. The van der Waals surface area contributed by atoms with Gasteiger partial charge in [0.2, 0.25) is 0 Å². The van der Waals surface area contributed by atoms with Crippen molar-refractivity contribution in [2.24, 2.45) is 0 Å². The van der Waals surface area contributed by atoms with E-state index in [-0.39, 0.29) is 11.5 Å². The third kappa shape index (κ3) is 2.55. The number of carbonyl (C=O) groups excluding carboxylic acids is 1. The van der Waals surface area contributed by atoms with Gasteiger partial charge in [-0.2, -0.15) is 0 Å². The number of aryl methyl sites for hydroxylation is 1. The van der Waals surface area contributed by atoms with Gasteiger partial charge in [-0.25, -0.2) is 4.39 Å². The minimum absolute atomic E-state index is 0.183. The molecule has 1 amide bonds. The first-order chi connectivity index (χ1) is 9.65. The molecule has 2 heterocycles. The van der Waals surface area contributed by atoms with Gasteiger partial charge in [-0.1, -0.05) is 11.6 Å². The van der Waals surface area contributed by atoms with Crippen molar-refractivity contribution < 1.29 is 9.18 Å². The van der Waals surface area contributed by atoms with Crippen LogP contribution in [0.4, 0.5) is 4.39 Å². The van der Waals surface area contributed by atoms with Crippen LogP contribution in [0, 0.1) is 12.7 Å². The molecule has 0 aliphatic carbocycles. The summed E-state index contributed by atoms with van der Waals surface area (Å²) in [6, 6.07) is 5.13. The van der Waals surface area contributed by atoms with E-state index in [9.17, 15) is 9.18 Å². The van der Waals surface area contributed by atoms with E-state index < -0.39 is 5.82 Å². The van der Waals surface area contributed by atoms with Crippen molar-refractivity contribution >= 4 is 5.91 Å². The second kappa shape index (κ2) is 5.50. The number of nitrogens with zero attached hydrogens (tertiary/aromatic N) is 2. The monoisotopic (exact) mass is 277 g/mol. The molecule has 0 unspecified atom stereocenters. The molecular formula is C15H20FN3O. The lowest BCUT2D eigenvalue weighted by Crippen LogP contribution is -2.63. The molecule has 0 aromatic heterocycles. The lowest BCUT2D eigenvalue weighted by molar-refractivity contribution is 0.0223. The maximum atomic E-state index is 13.7. The second-order valence-corrected chi connectivity index (χ2v) is 5.63. The van der Waals surface area contributed by atoms with Crippen molar-refractivity contribution in [1.29, 1.82) is 0 Å². The fraction of sp³-hybridized carbons (Fsp3) is 0.533. The number of rotatable bonds is 2. The van der Waals surface area contributed by atoms with E-state index in [0.717, 1.165) is 31.7 Å². The van der Waals surface area contributed by atoms with Crippen LogP contribution in [0.1, 0.15) is 15.9 Å². The molecule has 2 aliphatic rings. The van der Waals surface area contributed by atoms with Crippen LogP contribution in [-0.2, 0) is 0 Å². The number of carbonyl (C=O) groups is 1. The Hall–Kier alpha value is -1.46. The molecule has 5 heteroatoms. The van der Waals surface area contributed by atoms with Crippen molar-refractivity contribution in [3.8, 4) is 0 Å². The van der Waals surface area contributed by atoms with Crippen LogP contribution >= 0.6 is 0 Å². The zero-order valence-electron chi connectivity index (χ0n) is 11.7. The van der Waals surface area contributed by atoms with E-state index in [4.69, 9.17) is 0 Å². The van der Waals surface area contributed by atoms with Crippen molar-refractivity contribution in [3.05, 3.63) is 35.1 Å². The maximum absolute atomic E-state index is 13.7. The number of halogens is 1. The highest BCUT2D eigenvalue weighted by Crippen LogP contribution is 2.20. The van der Waals surface area contributed by atoms with Gasteiger partial charge in [0, 0.05) is 45.3 Å². The normalized spacial score (nSPS) is 20.8. The van der Waals surface area contributed by atoms with E-state index in [1.165, 1.54) is 6.07 Å². The summed E-state index contributed by atoms with van der Waals surface area (Å²) in [4.78, 5) is 16.4. The highest BCUT2D eigenvalue weighted by Gasteiger charge is 2.36. The zero-order valence-corrected chi connectivity index (χ0v) is 11.7. The molecule has 3 rings (SSSR count). The molecule has 1 N–H and O–H groups in total. The van der Waals surface area contributed by atoms with Gasteiger partial charge in [0.25, 0.3) is 5.91 Å². The minimum Gasteiger partial charge on any atom is -0.335 e. The summed E-state index contributed by atoms with van der Waals surface area (Å²) < 4.78 is 13.7. The standard InChI is InChI=1S/C15H20FN3O/c1-11-2-3-14(16)13(8-11)15(20)19-9-12(10-19)18-6-4-17-5-7-18/h2-3,8,12,17H,4-7,9-10H2,1H3. The van der Waals surface area contributed by atoms with E-state index in [0.29, 0.717) is 19.1 Å². The van der Waals surface area contributed by atoms with Crippen molar-refractivity contribution in [2.75, 3.05) is 39.3 Å². The van der Waals surface area contributed by atoms with Crippen LogP contribution < -0.4 is 5.32 Å². The van der Waals surface area contributed by atoms with Crippen molar-refractivity contribution in [3.63, 3.8) is 0 Å². The van der Waals surface area contributed by atoms with Gasteiger partial charge in [-0.3, -0.25) is 9.69 Å². The molecule has 1 aromatic carbocycles. The predicted octanol–water partition coefficient (Wildman–Crippen LogP) is 0.864. The third-order valence-electron chi connectivity index (χ3n) is 4.17. The number of hydrogen-bond acceptors (Lipinski definition) is 3. The molecule has 2 aliphatic heterocycles. The van der Waals surface area contributed by atoms with Crippen LogP contribution in [-0.4, -0.2) is 61.0 Å². The van der Waals surface area contributed by atoms with Crippen molar-refractivity contribution in [1.82, 2.24) is 15.1 Å². The Bertz CT molecular complexity index is 508. The maximum Gasteiger partial charge on any atom is 0.256 e. The lowest BCUT2D eigenvalue weighted by Gasteiger charge is -2.46. The molecule has 0 radical (unpaired) electrons. The number of benzene rings is 1. The van der Waals surface area contributed by atoms with Gasteiger partial charge in [-0.05, 0) is 19.1 Å². The molecule has 108 valence electrons. The Morgan fingerprint density at radius 2 is 2.00 bits per heavy atom. The van der Waals surface area contributed by atoms with Crippen LogP contribution in [0.3, 0.4) is 0 Å². The Balaban J connectivity index is 1.61. The summed E-state index contributed by atoms with van der Waals surface area (Å²) in [5, 5.41) is 3.32. The number of nitrogens with one attached hydrogen (secondary N) is 1. The first-order valence-corrected chi connectivity index (χ1v) is 7.15. The van der Waals surface area contributed by atoms with Gasteiger partial charge < -0.3 is 10.2 Å². The van der Waals surface area contributed by atoms with Crippen LogP contribution in [0.5, 0.6) is 0 Å². The molecule has 0 atom stereocenters. The predicted molar refractivity (Wildman–Crippen MR) is 75.3 cm³/mol. The van der Waals surface area contributed by atoms with E-state index >= 15 is 0 Å².